The Kier molecular flexibility index (Phi) is 4.21. The van der Waals surface area contributed by atoms with Gasteiger partial charge in [-0.2, -0.15) is 0 Å². The molecule has 1 heterocycles. The zero-order chi connectivity index (χ0) is 13.8. The van der Waals surface area contributed by atoms with Crippen LogP contribution in [0.25, 0.3) is 0 Å². The van der Waals surface area contributed by atoms with Crippen LogP contribution in [0.5, 0.6) is 0 Å². The number of nitrogens with zero attached hydrogens (tertiary/aromatic N) is 2. The van der Waals surface area contributed by atoms with Crippen molar-refractivity contribution in [3.05, 3.63) is 54.0 Å². The van der Waals surface area contributed by atoms with E-state index in [1.807, 2.05) is 0 Å². The molecular weight excluding hydrogens is 270 g/mol. The van der Waals surface area contributed by atoms with Crippen LogP contribution in [0.2, 0.25) is 0 Å². The fourth-order valence-electron chi connectivity index (χ4n) is 1.47. The van der Waals surface area contributed by atoms with Crippen molar-refractivity contribution in [2.45, 2.75) is 17.2 Å². The molecule has 98 valence electrons. The third-order valence-electron chi connectivity index (χ3n) is 2.41. The number of aromatic nitrogens is 2. The minimum absolute atomic E-state index is 0.141. The van der Waals surface area contributed by atoms with Crippen LogP contribution >= 0.6 is 11.8 Å². The second kappa shape index (κ2) is 5.88. The summed E-state index contributed by atoms with van der Waals surface area (Å²) in [5.41, 5.74) is 0.141. The van der Waals surface area contributed by atoms with Crippen molar-refractivity contribution in [2.24, 2.45) is 0 Å². The Labute approximate surface area is 113 Å². The van der Waals surface area contributed by atoms with Gasteiger partial charge in [0, 0.05) is 18.0 Å². The van der Waals surface area contributed by atoms with Gasteiger partial charge in [0.2, 0.25) is 0 Å². The molecule has 0 aliphatic heterocycles. The molecule has 0 fully saturated rings. The van der Waals surface area contributed by atoms with Crippen LogP contribution in [0.1, 0.15) is 17.3 Å². The molecule has 0 radical (unpaired) electrons. The molecule has 0 saturated heterocycles. The van der Waals surface area contributed by atoms with Crippen molar-refractivity contribution >= 4 is 17.5 Å². The van der Waals surface area contributed by atoms with E-state index in [1.165, 1.54) is 30.2 Å². The molecule has 1 aromatic heterocycles. The Morgan fingerprint density at radius 1 is 1.26 bits per heavy atom. The summed E-state index contributed by atoms with van der Waals surface area (Å²) >= 11 is 1.22. The number of rotatable bonds is 4. The minimum atomic E-state index is -1.03. The molecule has 0 amide bonds. The van der Waals surface area contributed by atoms with Crippen LogP contribution in [0.15, 0.2) is 41.8 Å². The normalized spacial score (nSPS) is 12.2. The first-order chi connectivity index (χ1) is 9.08. The maximum Gasteiger partial charge on any atom is 0.176 e. The van der Waals surface area contributed by atoms with Gasteiger partial charge in [-0.15, -0.1) is 0 Å². The highest BCUT2D eigenvalue weighted by molar-refractivity contribution is 8.00. The van der Waals surface area contributed by atoms with Crippen LogP contribution in [-0.2, 0) is 0 Å². The van der Waals surface area contributed by atoms with Crippen LogP contribution in [0, 0.1) is 11.6 Å². The summed E-state index contributed by atoms with van der Waals surface area (Å²) in [4.78, 5) is 20.0. The molecule has 1 unspecified atom stereocenters. The zero-order valence-corrected chi connectivity index (χ0v) is 10.8. The van der Waals surface area contributed by atoms with Gasteiger partial charge < -0.3 is 0 Å². The number of carbonyl (C=O) groups is 1. The number of ketones is 1. The van der Waals surface area contributed by atoms with Gasteiger partial charge in [-0.1, -0.05) is 11.8 Å². The summed E-state index contributed by atoms with van der Waals surface area (Å²) in [7, 11) is 0. The second-order valence-electron chi connectivity index (χ2n) is 3.80. The Bertz CT molecular complexity index is 592. The average molecular weight is 280 g/mol. The molecule has 0 saturated carbocycles. The van der Waals surface area contributed by atoms with E-state index in [4.69, 9.17) is 0 Å². The largest absolute Gasteiger partial charge is 0.293 e. The lowest BCUT2D eigenvalue weighted by atomic mass is 10.1. The van der Waals surface area contributed by atoms with E-state index in [0.29, 0.717) is 5.03 Å². The van der Waals surface area contributed by atoms with Crippen molar-refractivity contribution in [3.63, 3.8) is 0 Å². The van der Waals surface area contributed by atoms with Gasteiger partial charge in [0.25, 0.3) is 0 Å². The molecule has 0 aliphatic carbocycles. The highest BCUT2D eigenvalue weighted by atomic mass is 32.2. The van der Waals surface area contributed by atoms with Gasteiger partial charge in [-0.05, 0) is 25.1 Å². The highest BCUT2D eigenvalue weighted by Crippen LogP contribution is 2.23. The third kappa shape index (κ3) is 3.35. The molecule has 6 heteroatoms. The van der Waals surface area contributed by atoms with E-state index in [0.717, 1.165) is 12.1 Å². The summed E-state index contributed by atoms with van der Waals surface area (Å²) < 4.78 is 25.9. The van der Waals surface area contributed by atoms with Crippen molar-refractivity contribution in [2.75, 3.05) is 0 Å². The van der Waals surface area contributed by atoms with Crippen molar-refractivity contribution in [3.8, 4) is 0 Å². The molecule has 1 aromatic carbocycles. The van der Waals surface area contributed by atoms with Gasteiger partial charge in [0.1, 0.15) is 5.03 Å². The summed E-state index contributed by atoms with van der Waals surface area (Å²) in [6, 6.07) is 3.13. The minimum Gasteiger partial charge on any atom is -0.293 e. The molecule has 0 spiro atoms. The van der Waals surface area contributed by atoms with Gasteiger partial charge >= 0.3 is 0 Å². The van der Waals surface area contributed by atoms with Gasteiger partial charge in [-0.3, -0.25) is 9.78 Å². The first-order valence-electron chi connectivity index (χ1n) is 5.50. The first kappa shape index (κ1) is 13.6. The number of halogens is 2. The summed E-state index contributed by atoms with van der Waals surface area (Å²) in [5.74, 6) is -2.28. The number of hydrogen-bond acceptors (Lipinski definition) is 4. The van der Waals surface area contributed by atoms with Crippen molar-refractivity contribution < 1.29 is 13.6 Å². The van der Waals surface area contributed by atoms with Gasteiger partial charge in [-0.25, -0.2) is 13.8 Å². The van der Waals surface area contributed by atoms with Crippen LogP contribution < -0.4 is 0 Å². The third-order valence-corrected chi connectivity index (χ3v) is 3.43. The van der Waals surface area contributed by atoms with E-state index >= 15 is 0 Å². The maximum absolute atomic E-state index is 13.1. The lowest BCUT2D eigenvalue weighted by Crippen LogP contribution is -2.14. The zero-order valence-electron chi connectivity index (χ0n) is 10.0. The van der Waals surface area contributed by atoms with E-state index in [2.05, 4.69) is 9.97 Å². The summed E-state index contributed by atoms with van der Waals surface area (Å²) in [5, 5.41) is 0.146. The van der Waals surface area contributed by atoms with Crippen LogP contribution in [0.4, 0.5) is 8.78 Å². The number of benzene rings is 1. The average Bonchev–Trinajstić information content (AvgIpc) is 2.42. The molecule has 0 aliphatic rings. The topological polar surface area (TPSA) is 42.9 Å². The van der Waals surface area contributed by atoms with Crippen molar-refractivity contribution in [1.82, 2.24) is 9.97 Å². The molecule has 19 heavy (non-hydrogen) atoms. The van der Waals surface area contributed by atoms with E-state index in [9.17, 15) is 13.6 Å². The fourth-order valence-corrected chi connectivity index (χ4v) is 2.31. The maximum atomic E-state index is 13.1. The van der Waals surface area contributed by atoms with Crippen molar-refractivity contribution in [1.29, 1.82) is 0 Å². The molecular formula is C13H10F2N2OS. The highest BCUT2D eigenvalue weighted by Gasteiger charge is 2.18. The molecule has 2 aromatic rings. The molecule has 0 N–H and O–H groups in total. The number of Topliss-reactive ketones (excluding diaryl/α,β-unsaturated/α-hetero) is 1. The van der Waals surface area contributed by atoms with E-state index < -0.39 is 16.9 Å². The Hall–Kier alpha value is -1.82. The predicted octanol–water partition coefficient (Wildman–Crippen LogP) is 3.12. The monoisotopic (exact) mass is 280 g/mol. The Morgan fingerprint density at radius 3 is 2.68 bits per heavy atom. The predicted molar refractivity (Wildman–Crippen MR) is 68.0 cm³/mol. The SMILES string of the molecule is CC(Sc1cnccn1)C(=O)c1ccc(F)c(F)c1. The standard InChI is InChI=1S/C13H10F2N2OS/c1-8(19-12-7-16-4-5-17-12)13(18)9-2-3-10(14)11(15)6-9/h2-8H,1H3. The molecule has 3 nitrogen and oxygen atoms in total. The smallest absolute Gasteiger partial charge is 0.176 e. The van der Waals surface area contributed by atoms with E-state index in [1.54, 1.807) is 13.1 Å². The number of carbonyl (C=O) groups excluding carboxylic acids is 1. The molecule has 0 bridgehead atoms. The van der Waals surface area contributed by atoms with Gasteiger partial charge in [0.15, 0.2) is 17.4 Å². The lowest BCUT2D eigenvalue weighted by Gasteiger charge is -2.09. The lowest BCUT2D eigenvalue weighted by molar-refractivity contribution is 0.0993. The Morgan fingerprint density at radius 2 is 2.05 bits per heavy atom. The second-order valence-corrected chi connectivity index (χ2v) is 5.16. The molecule has 1 atom stereocenters. The fraction of sp³-hybridized carbons (Fsp3) is 0.154. The first-order valence-corrected chi connectivity index (χ1v) is 6.38. The molecule has 2 rings (SSSR count). The summed E-state index contributed by atoms with van der Waals surface area (Å²) in [6.07, 6.45) is 4.60. The number of thioether (sulfide) groups is 1. The van der Waals surface area contributed by atoms with E-state index in [-0.39, 0.29) is 11.3 Å². The quantitative estimate of drug-likeness (QED) is 0.637. The van der Waals surface area contributed by atoms with Crippen LogP contribution in [0.3, 0.4) is 0 Å². The van der Waals surface area contributed by atoms with Gasteiger partial charge in [0.05, 0.1) is 11.4 Å². The van der Waals surface area contributed by atoms with Crippen LogP contribution in [-0.4, -0.2) is 21.0 Å². The number of hydrogen-bond donors (Lipinski definition) is 0. The Balaban J connectivity index is 2.12. The summed E-state index contributed by atoms with van der Waals surface area (Å²) in [6.45, 7) is 1.68.